The molecule has 0 radical (unpaired) electrons. The summed E-state index contributed by atoms with van der Waals surface area (Å²) in [5, 5.41) is 0.840. The minimum Gasteiger partial charge on any atom is -0.380 e. The van der Waals surface area contributed by atoms with E-state index in [0.717, 1.165) is 5.57 Å². The Labute approximate surface area is 76.9 Å². The van der Waals surface area contributed by atoms with Crippen molar-refractivity contribution in [1.29, 1.82) is 0 Å². The van der Waals surface area contributed by atoms with Gasteiger partial charge in [0, 0.05) is 17.2 Å². The minimum atomic E-state index is 0.397. The highest BCUT2D eigenvalue weighted by Gasteiger charge is 1.98. The third kappa shape index (κ3) is 5.08. The molecule has 11 heavy (non-hydrogen) atoms. The Bertz CT molecular complexity index is 194. The molecular weight excluding hydrogens is 183 g/mol. The fourth-order valence-electron chi connectivity index (χ4n) is 0.543. The zero-order valence-corrected chi connectivity index (χ0v) is 7.87. The van der Waals surface area contributed by atoms with E-state index in [-0.39, 0.29) is 0 Å². The molecule has 0 aliphatic carbocycles. The Morgan fingerprint density at radius 1 is 1.45 bits per heavy atom. The Morgan fingerprint density at radius 2 is 2.00 bits per heavy atom. The van der Waals surface area contributed by atoms with Gasteiger partial charge in [0.2, 0.25) is 0 Å². The van der Waals surface area contributed by atoms with Crippen molar-refractivity contribution in [3.05, 3.63) is 34.9 Å². The summed E-state index contributed by atoms with van der Waals surface area (Å²) in [5.41, 5.74) is 0.745. The lowest BCUT2D eigenvalue weighted by Gasteiger charge is -2.02. The lowest BCUT2D eigenvalue weighted by Crippen LogP contribution is -1.93. The van der Waals surface area contributed by atoms with E-state index in [9.17, 15) is 0 Å². The fraction of sp³-hybridized carbons (Fsp3) is 0.250. The highest BCUT2D eigenvalue weighted by Crippen LogP contribution is 2.15. The van der Waals surface area contributed by atoms with Crippen molar-refractivity contribution in [3.8, 4) is 0 Å². The van der Waals surface area contributed by atoms with E-state index >= 15 is 0 Å². The highest BCUT2D eigenvalue weighted by molar-refractivity contribution is 6.33. The van der Waals surface area contributed by atoms with Gasteiger partial charge in [-0.15, -0.1) is 0 Å². The van der Waals surface area contributed by atoms with E-state index in [1.54, 1.807) is 13.2 Å². The first-order valence-corrected chi connectivity index (χ1v) is 3.72. The molecule has 0 saturated heterocycles. The number of methoxy groups -OCH3 is 1. The summed E-state index contributed by atoms with van der Waals surface area (Å²) in [6.45, 7) is 7.43. The van der Waals surface area contributed by atoms with Gasteiger partial charge in [-0.25, -0.2) is 0 Å². The molecule has 0 aromatic rings. The molecule has 0 fully saturated rings. The van der Waals surface area contributed by atoms with Crippen molar-refractivity contribution in [1.82, 2.24) is 0 Å². The van der Waals surface area contributed by atoms with E-state index in [0.29, 0.717) is 16.7 Å². The van der Waals surface area contributed by atoms with Crippen LogP contribution in [-0.4, -0.2) is 13.7 Å². The van der Waals surface area contributed by atoms with Crippen molar-refractivity contribution < 1.29 is 4.74 Å². The number of hydrogen-bond acceptors (Lipinski definition) is 1. The molecule has 0 unspecified atom stereocenters. The number of halogens is 2. The molecule has 0 saturated carbocycles. The minimum absolute atomic E-state index is 0.397. The summed E-state index contributed by atoms with van der Waals surface area (Å²) < 4.78 is 4.85. The first-order valence-electron chi connectivity index (χ1n) is 2.96. The highest BCUT2D eigenvalue weighted by atomic mass is 35.5. The summed E-state index contributed by atoms with van der Waals surface area (Å²) >= 11 is 11.2. The fourth-order valence-corrected chi connectivity index (χ4v) is 0.784. The van der Waals surface area contributed by atoms with Crippen LogP contribution < -0.4 is 0 Å². The Hall–Kier alpha value is -0.240. The summed E-state index contributed by atoms with van der Waals surface area (Å²) in [6, 6.07) is 0. The molecule has 0 atom stereocenters. The zero-order chi connectivity index (χ0) is 8.85. The molecule has 3 heteroatoms. The third-order valence-electron chi connectivity index (χ3n) is 0.979. The first kappa shape index (κ1) is 10.8. The molecule has 0 aromatic heterocycles. The standard InChI is InChI=1S/C8H10Cl2O/c1-6(9)4-8(5-11-3)7(2)10/h4H,1-2,5H2,3H3/b8-4-. The van der Waals surface area contributed by atoms with Crippen LogP contribution in [0.15, 0.2) is 34.9 Å². The van der Waals surface area contributed by atoms with Crippen molar-refractivity contribution in [2.75, 3.05) is 13.7 Å². The average Bonchev–Trinajstić information content (AvgIpc) is 1.86. The topological polar surface area (TPSA) is 9.23 Å². The Kier molecular flexibility index (Phi) is 5.30. The third-order valence-corrected chi connectivity index (χ3v) is 1.33. The maximum Gasteiger partial charge on any atom is 0.0727 e. The van der Waals surface area contributed by atoms with Crippen molar-refractivity contribution in [2.24, 2.45) is 0 Å². The van der Waals surface area contributed by atoms with Crippen LogP contribution in [0.1, 0.15) is 0 Å². The predicted molar refractivity (Wildman–Crippen MR) is 49.9 cm³/mol. The van der Waals surface area contributed by atoms with Crippen molar-refractivity contribution in [3.63, 3.8) is 0 Å². The summed E-state index contributed by atoms with van der Waals surface area (Å²) in [5.74, 6) is 0. The van der Waals surface area contributed by atoms with Crippen LogP contribution in [0.3, 0.4) is 0 Å². The van der Waals surface area contributed by atoms with E-state index in [4.69, 9.17) is 27.9 Å². The van der Waals surface area contributed by atoms with Gasteiger partial charge >= 0.3 is 0 Å². The SMILES string of the molecule is C=C(Cl)/C=C(/COC)C(=C)Cl. The molecule has 0 aliphatic heterocycles. The van der Waals surface area contributed by atoms with E-state index < -0.39 is 0 Å². The lowest BCUT2D eigenvalue weighted by atomic mass is 10.2. The van der Waals surface area contributed by atoms with Gasteiger partial charge in [-0.1, -0.05) is 36.4 Å². The van der Waals surface area contributed by atoms with E-state index in [1.165, 1.54) is 0 Å². The van der Waals surface area contributed by atoms with Crippen LogP contribution >= 0.6 is 23.2 Å². The van der Waals surface area contributed by atoms with Gasteiger partial charge in [0.15, 0.2) is 0 Å². The number of rotatable bonds is 4. The monoisotopic (exact) mass is 192 g/mol. The van der Waals surface area contributed by atoms with Gasteiger partial charge in [-0.2, -0.15) is 0 Å². The second-order valence-electron chi connectivity index (χ2n) is 1.95. The van der Waals surface area contributed by atoms with Gasteiger partial charge in [-0.3, -0.25) is 0 Å². The normalized spacial score (nSPS) is 11.4. The molecule has 0 aromatic carbocycles. The molecule has 0 heterocycles. The maximum atomic E-state index is 5.62. The molecule has 0 amide bonds. The van der Waals surface area contributed by atoms with Crippen LogP contribution in [0.4, 0.5) is 0 Å². The van der Waals surface area contributed by atoms with Gasteiger partial charge < -0.3 is 4.74 Å². The summed E-state index contributed by atoms with van der Waals surface area (Å²) in [6.07, 6.45) is 1.63. The largest absolute Gasteiger partial charge is 0.380 e. The van der Waals surface area contributed by atoms with Gasteiger partial charge in [-0.05, 0) is 11.6 Å². The van der Waals surface area contributed by atoms with Crippen LogP contribution in [0.2, 0.25) is 0 Å². The molecule has 0 aliphatic rings. The van der Waals surface area contributed by atoms with Crippen molar-refractivity contribution >= 4 is 23.2 Å². The molecule has 0 spiro atoms. The first-order chi connectivity index (χ1) is 5.07. The average molecular weight is 193 g/mol. The molecule has 0 bridgehead atoms. The number of allylic oxidation sites excluding steroid dienone is 2. The summed E-state index contributed by atoms with van der Waals surface area (Å²) in [4.78, 5) is 0. The predicted octanol–water partition coefficient (Wildman–Crippen LogP) is 3.06. The van der Waals surface area contributed by atoms with Crippen LogP contribution in [0.5, 0.6) is 0 Å². The quantitative estimate of drug-likeness (QED) is 0.623. The number of ether oxygens (including phenoxy) is 1. The lowest BCUT2D eigenvalue weighted by molar-refractivity contribution is 0.228. The van der Waals surface area contributed by atoms with Crippen LogP contribution in [-0.2, 0) is 4.74 Å². The van der Waals surface area contributed by atoms with Gasteiger partial charge in [0.25, 0.3) is 0 Å². The zero-order valence-electron chi connectivity index (χ0n) is 6.36. The maximum absolute atomic E-state index is 5.62. The molecule has 62 valence electrons. The second kappa shape index (κ2) is 5.42. The molecule has 0 rings (SSSR count). The Balaban J connectivity index is 4.32. The number of hydrogen-bond donors (Lipinski definition) is 0. The van der Waals surface area contributed by atoms with Gasteiger partial charge in [0.05, 0.1) is 6.61 Å². The Morgan fingerprint density at radius 3 is 2.27 bits per heavy atom. The molecular formula is C8H10Cl2O. The summed E-state index contributed by atoms with van der Waals surface area (Å²) in [7, 11) is 1.57. The molecule has 0 N–H and O–H groups in total. The van der Waals surface area contributed by atoms with Gasteiger partial charge in [0.1, 0.15) is 0 Å². The smallest absolute Gasteiger partial charge is 0.0727 e. The van der Waals surface area contributed by atoms with Crippen LogP contribution in [0, 0.1) is 0 Å². The van der Waals surface area contributed by atoms with Crippen LogP contribution in [0.25, 0.3) is 0 Å². The van der Waals surface area contributed by atoms with Crippen molar-refractivity contribution in [2.45, 2.75) is 0 Å². The van der Waals surface area contributed by atoms with E-state index in [1.807, 2.05) is 0 Å². The second-order valence-corrected chi connectivity index (χ2v) is 2.90. The van der Waals surface area contributed by atoms with E-state index in [2.05, 4.69) is 13.2 Å². The molecule has 1 nitrogen and oxygen atoms in total.